The number of rotatable bonds is 6. The Morgan fingerprint density at radius 3 is 2.29 bits per heavy atom. The van der Waals surface area contributed by atoms with Crippen LogP contribution in [0.3, 0.4) is 0 Å². The van der Waals surface area contributed by atoms with Crippen LogP contribution in [0, 0.1) is 0 Å². The van der Waals surface area contributed by atoms with E-state index in [2.05, 4.69) is 5.32 Å². The molecule has 2 rings (SSSR count). The molecule has 2 aromatic carbocycles. The van der Waals surface area contributed by atoms with E-state index in [9.17, 15) is 0 Å². The number of hydrogen-bond donors (Lipinski definition) is 2. The quantitative estimate of drug-likeness (QED) is 0.799. The summed E-state index contributed by atoms with van der Waals surface area (Å²) >= 11 is 0. The first kappa shape index (κ1) is 15.0. The van der Waals surface area contributed by atoms with Crippen molar-refractivity contribution in [1.82, 2.24) is 0 Å². The molecule has 5 heteroatoms. The van der Waals surface area contributed by atoms with Crippen molar-refractivity contribution in [3.05, 3.63) is 42.0 Å². The Balaban J connectivity index is 2.35. The average Bonchev–Trinajstić information content (AvgIpc) is 2.51. The summed E-state index contributed by atoms with van der Waals surface area (Å²) in [4.78, 5) is 0. The molecule has 0 bridgehead atoms. The molecule has 0 amide bonds. The van der Waals surface area contributed by atoms with E-state index in [4.69, 9.17) is 19.9 Å². The summed E-state index contributed by atoms with van der Waals surface area (Å²) in [5, 5.41) is 3.31. The van der Waals surface area contributed by atoms with E-state index >= 15 is 0 Å². The van der Waals surface area contributed by atoms with Gasteiger partial charge >= 0.3 is 0 Å². The third-order valence-electron chi connectivity index (χ3n) is 3.14. The highest BCUT2D eigenvalue weighted by Gasteiger charge is 2.10. The van der Waals surface area contributed by atoms with Crippen LogP contribution in [-0.2, 0) is 11.3 Å². The van der Waals surface area contributed by atoms with E-state index in [-0.39, 0.29) is 0 Å². The van der Waals surface area contributed by atoms with Gasteiger partial charge in [-0.25, -0.2) is 0 Å². The summed E-state index contributed by atoms with van der Waals surface area (Å²) < 4.78 is 15.7. The normalized spacial score (nSPS) is 10.2. The Hall–Kier alpha value is -2.40. The van der Waals surface area contributed by atoms with Crippen LogP contribution in [0.15, 0.2) is 36.4 Å². The van der Waals surface area contributed by atoms with Crippen LogP contribution >= 0.6 is 0 Å². The van der Waals surface area contributed by atoms with Crippen LogP contribution in [0.4, 0.5) is 17.1 Å². The van der Waals surface area contributed by atoms with Crippen molar-refractivity contribution < 1.29 is 14.2 Å². The minimum Gasteiger partial charge on any atom is -0.493 e. The average molecular weight is 288 g/mol. The molecule has 0 heterocycles. The van der Waals surface area contributed by atoms with Crippen molar-refractivity contribution in [1.29, 1.82) is 0 Å². The number of anilines is 3. The van der Waals surface area contributed by atoms with Gasteiger partial charge in [0.2, 0.25) is 0 Å². The summed E-state index contributed by atoms with van der Waals surface area (Å²) in [5.41, 5.74) is 9.40. The van der Waals surface area contributed by atoms with Gasteiger partial charge < -0.3 is 25.3 Å². The molecule has 0 spiro atoms. The Labute approximate surface area is 124 Å². The van der Waals surface area contributed by atoms with Gasteiger partial charge in [-0.2, -0.15) is 0 Å². The zero-order chi connectivity index (χ0) is 15.2. The van der Waals surface area contributed by atoms with Crippen molar-refractivity contribution in [2.45, 2.75) is 6.61 Å². The van der Waals surface area contributed by atoms with Crippen molar-refractivity contribution in [2.75, 3.05) is 32.4 Å². The lowest BCUT2D eigenvalue weighted by atomic mass is 10.1. The highest BCUT2D eigenvalue weighted by Crippen LogP contribution is 2.36. The van der Waals surface area contributed by atoms with Gasteiger partial charge in [-0.05, 0) is 6.07 Å². The molecule has 5 nitrogen and oxygen atoms in total. The predicted molar refractivity (Wildman–Crippen MR) is 84.4 cm³/mol. The monoisotopic (exact) mass is 288 g/mol. The van der Waals surface area contributed by atoms with Crippen LogP contribution in [-0.4, -0.2) is 21.3 Å². The molecule has 112 valence electrons. The summed E-state index contributed by atoms with van der Waals surface area (Å²) in [6, 6.07) is 11.5. The first-order valence-corrected chi connectivity index (χ1v) is 6.55. The Kier molecular flexibility index (Phi) is 4.90. The number of benzene rings is 2. The number of hydrogen-bond acceptors (Lipinski definition) is 5. The van der Waals surface area contributed by atoms with Crippen LogP contribution in [0.1, 0.15) is 5.56 Å². The minimum atomic E-state index is 0.524. The summed E-state index contributed by atoms with van der Waals surface area (Å²) in [5.74, 6) is 1.23. The largest absolute Gasteiger partial charge is 0.493 e. The molecule has 0 aliphatic carbocycles. The lowest BCUT2D eigenvalue weighted by Crippen LogP contribution is -2.02. The van der Waals surface area contributed by atoms with Crippen molar-refractivity contribution >= 4 is 17.1 Å². The first-order valence-electron chi connectivity index (χ1n) is 6.55. The van der Waals surface area contributed by atoms with Crippen LogP contribution in [0.5, 0.6) is 11.5 Å². The maximum Gasteiger partial charge on any atom is 0.162 e. The fourth-order valence-electron chi connectivity index (χ4n) is 2.07. The molecule has 0 aliphatic rings. The highest BCUT2D eigenvalue weighted by molar-refractivity contribution is 5.77. The molecule has 0 fully saturated rings. The molecule has 0 saturated heterocycles. The number of methoxy groups -OCH3 is 3. The smallest absolute Gasteiger partial charge is 0.162 e. The molecule has 0 unspecified atom stereocenters. The first-order chi connectivity index (χ1) is 10.2. The van der Waals surface area contributed by atoms with Crippen molar-refractivity contribution in [3.63, 3.8) is 0 Å². The maximum absolute atomic E-state index is 6.06. The van der Waals surface area contributed by atoms with Gasteiger partial charge in [0.15, 0.2) is 11.5 Å². The minimum absolute atomic E-state index is 0.524. The van der Waals surface area contributed by atoms with Gasteiger partial charge in [0.05, 0.1) is 32.2 Å². The van der Waals surface area contributed by atoms with Gasteiger partial charge in [0.25, 0.3) is 0 Å². The van der Waals surface area contributed by atoms with E-state index in [0.717, 1.165) is 16.9 Å². The molecule has 0 saturated carbocycles. The van der Waals surface area contributed by atoms with E-state index in [1.165, 1.54) is 0 Å². The second-order valence-corrected chi connectivity index (χ2v) is 4.51. The molecule has 0 atom stereocenters. The maximum atomic E-state index is 6.06. The zero-order valence-electron chi connectivity index (χ0n) is 12.5. The lowest BCUT2D eigenvalue weighted by molar-refractivity contribution is 0.185. The second kappa shape index (κ2) is 6.85. The number of para-hydroxylation sites is 1. The molecule has 0 aromatic heterocycles. The Morgan fingerprint density at radius 2 is 1.62 bits per heavy atom. The van der Waals surface area contributed by atoms with E-state index in [0.29, 0.717) is 23.8 Å². The fourth-order valence-corrected chi connectivity index (χ4v) is 2.07. The summed E-state index contributed by atoms with van der Waals surface area (Å²) in [7, 11) is 4.84. The summed E-state index contributed by atoms with van der Waals surface area (Å²) in [6.45, 7) is 0.524. The molecule has 21 heavy (non-hydrogen) atoms. The molecular formula is C16H20N2O3. The molecule has 0 radical (unpaired) electrons. The fraction of sp³-hybridized carbons (Fsp3) is 0.250. The van der Waals surface area contributed by atoms with Crippen LogP contribution in [0.25, 0.3) is 0 Å². The number of nitrogen functional groups attached to an aromatic ring is 1. The van der Waals surface area contributed by atoms with Gasteiger partial charge in [0, 0.05) is 30.5 Å². The van der Waals surface area contributed by atoms with Crippen molar-refractivity contribution in [3.8, 4) is 11.5 Å². The highest BCUT2D eigenvalue weighted by atomic mass is 16.5. The topological polar surface area (TPSA) is 65.7 Å². The van der Waals surface area contributed by atoms with Crippen LogP contribution < -0.4 is 20.5 Å². The number of ether oxygens (including phenoxy) is 3. The number of nitrogens with one attached hydrogen (secondary N) is 1. The SMILES string of the molecule is COCc1ccccc1Nc1cc(OC)c(OC)cc1N. The third-order valence-corrected chi connectivity index (χ3v) is 3.14. The van der Waals surface area contributed by atoms with E-state index in [1.54, 1.807) is 27.4 Å². The third kappa shape index (κ3) is 3.38. The second-order valence-electron chi connectivity index (χ2n) is 4.51. The van der Waals surface area contributed by atoms with E-state index in [1.807, 2.05) is 30.3 Å². The van der Waals surface area contributed by atoms with Crippen LogP contribution in [0.2, 0.25) is 0 Å². The standard InChI is InChI=1S/C16H20N2O3/c1-19-10-11-6-4-5-7-13(11)18-14-9-16(21-3)15(20-2)8-12(14)17/h4-9,18H,10,17H2,1-3H3. The Morgan fingerprint density at radius 1 is 0.952 bits per heavy atom. The predicted octanol–water partition coefficient (Wildman–Crippen LogP) is 3.18. The lowest BCUT2D eigenvalue weighted by Gasteiger charge is -2.16. The molecule has 0 aliphatic heterocycles. The summed E-state index contributed by atoms with van der Waals surface area (Å²) in [6.07, 6.45) is 0. The van der Waals surface area contributed by atoms with Gasteiger partial charge in [0.1, 0.15) is 0 Å². The van der Waals surface area contributed by atoms with E-state index < -0.39 is 0 Å². The van der Waals surface area contributed by atoms with Gasteiger partial charge in [-0.15, -0.1) is 0 Å². The Bertz CT molecular complexity index is 614. The van der Waals surface area contributed by atoms with Gasteiger partial charge in [-0.1, -0.05) is 18.2 Å². The molecular weight excluding hydrogens is 268 g/mol. The molecule has 3 N–H and O–H groups in total. The zero-order valence-corrected chi connectivity index (χ0v) is 12.5. The van der Waals surface area contributed by atoms with Gasteiger partial charge in [-0.3, -0.25) is 0 Å². The molecule has 2 aromatic rings. The van der Waals surface area contributed by atoms with Crippen molar-refractivity contribution in [2.24, 2.45) is 0 Å². The number of nitrogens with two attached hydrogens (primary N) is 1.